The Balaban J connectivity index is 1.98. The molecule has 0 aromatic heterocycles. The molecule has 3 aliphatic carbocycles. The summed E-state index contributed by atoms with van der Waals surface area (Å²) in [6, 6.07) is 0. The summed E-state index contributed by atoms with van der Waals surface area (Å²) in [5.41, 5.74) is 1.00. The fraction of sp³-hybridized carbons (Fsp3) is 0.857. The first-order chi connectivity index (χ1) is 19.4. The van der Waals surface area contributed by atoms with E-state index in [0.29, 0.717) is 18.8 Å². The highest BCUT2D eigenvalue weighted by Crippen LogP contribution is 2.58. The van der Waals surface area contributed by atoms with Gasteiger partial charge in [0.05, 0.1) is 24.7 Å². The molecule has 7 heteroatoms. The van der Waals surface area contributed by atoms with E-state index in [1.807, 2.05) is 7.11 Å². The van der Waals surface area contributed by atoms with Gasteiger partial charge in [0, 0.05) is 19.4 Å². The lowest BCUT2D eigenvalue weighted by molar-refractivity contribution is -0.140. The number of methoxy groups -OCH3 is 2. The molecule has 0 heterocycles. The van der Waals surface area contributed by atoms with Crippen molar-refractivity contribution in [1.82, 2.24) is 0 Å². The molecular formula is C35H62O5Si2. The van der Waals surface area contributed by atoms with E-state index in [2.05, 4.69) is 85.6 Å². The second-order valence-corrected chi connectivity index (χ2v) is 25.7. The smallest absolute Gasteiger partial charge is 0.305 e. The number of esters is 1. The van der Waals surface area contributed by atoms with Gasteiger partial charge in [-0.3, -0.25) is 4.79 Å². The molecule has 0 bridgehead atoms. The molecule has 0 radical (unpaired) electrons. The number of hydrogen-bond donors (Lipinski definition) is 0. The fourth-order valence-corrected chi connectivity index (χ4v) is 9.20. The Morgan fingerprint density at radius 1 is 0.976 bits per heavy atom. The minimum atomic E-state index is -2.00. The lowest BCUT2D eigenvalue weighted by Crippen LogP contribution is -2.61. The minimum Gasteiger partial charge on any atom is -0.469 e. The van der Waals surface area contributed by atoms with Crippen LogP contribution in [0.2, 0.25) is 36.3 Å². The summed E-state index contributed by atoms with van der Waals surface area (Å²) in [5.74, 6) is 8.40. The van der Waals surface area contributed by atoms with Gasteiger partial charge in [-0.15, -0.1) is 0 Å². The van der Waals surface area contributed by atoms with Crippen LogP contribution in [0.4, 0.5) is 0 Å². The summed E-state index contributed by atoms with van der Waals surface area (Å²) in [5, 5.41) is 0.277. The molecule has 5 nitrogen and oxygen atoms in total. The van der Waals surface area contributed by atoms with E-state index in [1.165, 1.54) is 44.8 Å². The quantitative estimate of drug-likeness (QED) is 0.112. The molecule has 3 saturated carbocycles. The van der Waals surface area contributed by atoms with Crippen molar-refractivity contribution in [2.24, 2.45) is 17.8 Å². The average molecular weight is 619 g/mol. The van der Waals surface area contributed by atoms with Gasteiger partial charge in [-0.1, -0.05) is 78.7 Å². The van der Waals surface area contributed by atoms with Crippen LogP contribution in [0.3, 0.4) is 0 Å². The number of rotatable bonds is 9. The number of fused-ring (bicyclic) bond motifs is 1. The van der Waals surface area contributed by atoms with Gasteiger partial charge in [0.2, 0.25) is 0 Å². The normalized spacial score (nSPS) is 29.2. The van der Waals surface area contributed by atoms with Crippen LogP contribution in [0, 0.1) is 29.6 Å². The second kappa shape index (κ2) is 13.6. The van der Waals surface area contributed by atoms with Gasteiger partial charge in [-0.05, 0) is 86.3 Å². The lowest BCUT2D eigenvalue weighted by atomic mass is 9.53. The molecule has 240 valence electrons. The summed E-state index contributed by atoms with van der Waals surface area (Å²) in [6.45, 7) is 23.4. The third-order valence-electron chi connectivity index (χ3n) is 11.5. The first-order valence-corrected chi connectivity index (χ1v) is 22.4. The van der Waals surface area contributed by atoms with E-state index >= 15 is 0 Å². The maximum Gasteiger partial charge on any atom is 0.305 e. The van der Waals surface area contributed by atoms with Crippen LogP contribution < -0.4 is 0 Å². The third kappa shape index (κ3) is 7.83. The van der Waals surface area contributed by atoms with Gasteiger partial charge in [-0.2, -0.15) is 0 Å². The summed E-state index contributed by atoms with van der Waals surface area (Å²) >= 11 is 0. The molecule has 0 N–H and O–H groups in total. The van der Waals surface area contributed by atoms with E-state index in [4.69, 9.17) is 18.3 Å². The predicted octanol–water partition coefficient (Wildman–Crippen LogP) is 9.05. The van der Waals surface area contributed by atoms with E-state index < -0.39 is 16.6 Å². The monoisotopic (exact) mass is 618 g/mol. The highest BCUT2D eigenvalue weighted by molar-refractivity contribution is 6.74. The molecule has 0 aliphatic heterocycles. The number of hydrogen-bond acceptors (Lipinski definition) is 5. The molecule has 3 rings (SSSR count). The molecule has 0 spiro atoms. The maximum absolute atomic E-state index is 11.8. The van der Waals surface area contributed by atoms with Crippen molar-refractivity contribution in [3.05, 3.63) is 11.6 Å². The van der Waals surface area contributed by atoms with Crippen molar-refractivity contribution in [2.75, 3.05) is 14.2 Å². The van der Waals surface area contributed by atoms with Crippen LogP contribution in [0.1, 0.15) is 106 Å². The van der Waals surface area contributed by atoms with Crippen LogP contribution in [0.25, 0.3) is 0 Å². The van der Waals surface area contributed by atoms with E-state index in [1.54, 1.807) is 0 Å². The zero-order chi connectivity index (χ0) is 31.6. The van der Waals surface area contributed by atoms with Crippen LogP contribution in [0.15, 0.2) is 11.6 Å². The predicted molar refractivity (Wildman–Crippen MR) is 178 cm³/mol. The Hall–Kier alpha value is -0.916. The highest BCUT2D eigenvalue weighted by atomic mass is 28.4. The Morgan fingerprint density at radius 2 is 1.60 bits per heavy atom. The largest absolute Gasteiger partial charge is 0.469 e. The topological polar surface area (TPSA) is 54.0 Å². The zero-order valence-electron chi connectivity index (χ0n) is 29.1. The average Bonchev–Trinajstić information content (AvgIpc) is 2.89. The van der Waals surface area contributed by atoms with Gasteiger partial charge >= 0.3 is 5.97 Å². The van der Waals surface area contributed by atoms with Crippen LogP contribution in [-0.4, -0.2) is 54.6 Å². The molecule has 3 aliphatic rings. The summed E-state index contributed by atoms with van der Waals surface area (Å²) in [6.07, 6.45) is 12.5. The van der Waals surface area contributed by atoms with E-state index in [9.17, 15) is 4.79 Å². The zero-order valence-corrected chi connectivity index (χ0v) is 31.1. The van der Waals surface area contributed by atoms with Crippen LogP contribution >= 0.6 is 0 Å². The summed E-state index contributed by atoms with van der Waals surface area (Å²) < 4.78 is 25.5. The molecule has 3 fully saturated rings. The number of carbonyl (C=O) groups is 1. The van der Waals surface area contributed by atoms with Crippen molar-refractivity contribution in [3.63, 3.8) is 0 Å². The van der Waals surface area contributed by atoms with Crippen molar-refractivity contribution >= 4 is 22.6 Å². The molecule has 0 aromatic carbocycles. The van der Waals surface area contributed by atoms with E-state index in [0.717, 1.165) is 19.3 Å². The molecule has 0 amide bonds. The Bertz CT molecular complexity index is 1020. The minimum absolute atomic E-state index is 0.0197. The van der Waals surface area contributed by atoms with Crippen molar-refractivity contribution < 1.29 is 23.1 Å². The van der Waals surface area contributed by atoms with Crippen LogP contribution in [-0.2, 0) is 23.1 Å². The van der Waals surface area contributed by atoms with E-state index in [-0.39, 0.29) is 45.7 Å². The molecule has 0 saturated heterocycles. The van der Waals surface area contributed by atoms with Gasteiger partial charge in [0.15, 0.2) is 16.6 Å². The van der Waals surface area contributed by atoms with Gasteiger partial charge in [-0.25, -0.2) is 0 Å². The van der Waals surface area contributed by atoms with Crippen molar-refractivity contribution in [2.45, 2.75) is 160 Å². The number of ether oxygens (including phenoxy) is 2. The Morgan fingerprint density at radius 3 is 2.14 bits per heavy atom. The van der Waals surface area contributed by atoms with Gasteiger partial charge < -0.3 is 18.3 Å². The molecule has 5 atom stereocenters. The maximum atomic E-state index is 11.8. The number of allylic oxidation sites excluding steroid dienone is 1. The number of carbonyl (C=O) groups excluding carboxylic acids is 1. The molecular weight excluding hydrogens is 557 g/mol. The summed E-state index contributed by atoms with van der Waals surface area (Å²) in [4.78, 5) is 11.8. The lowest BCUT2D eigenvalue weighted by Gasteiger charge is -2.59. The van der Waals surface area contributed by atoms with Crippen LogP contribution in [0.5, 0.6) is 0 Å². The van der Waals surface area contributed by atoms with Gasteiger partial charge in [0.25, 0.3) is 0 Å². The van der Waals surface area contributed by atoms with Crippen molar-refractivity contribution in [3.8, 4) is 11.8 Å². The molecule has 0 aromatic rings. The second-order valence-electron chi connectivity index (χ2n) is 16.2. The molecule has 1 unspecified atom stereocenters. The first kappa shape index (κ1) is 35.6. The summed E-state index contributed by atoms with van der Waals surface area (Å²) in [7, 11) is -0.691. The SMILES string of the molecule is COC(=O)CC/C=C1/C[C@H]2[C@H](C#CC(O[Si](C)(C)C(C)(C)C)C3CCCCC3)[C@@H](O[Si](C)(C)C(C)(C)C)CC[C@@]12OC. The molecule has 42 heavy (non-hydrogen) atoms. The Labute approximate surface area is 260 Å². The Kier molecular flexibility index (Phi) is 11.5. The third-order valence-corrected chi connectivity index (χ3v) is 20.5. The highest BCUT2D eigenvalue weighted by Gasteiger charge is 2.59. The van der Waals surface area contributed by atoms with Gasteiger partial charge in [0.1, 0.15) is 6.10 Å². The first-order valence-electron chi connectivity index (χ1n) is 16.6. The van der Waals surface area contributed by atoms with Crippen molar-refractivity contribution in [1.29, 1.82) is 0 Å². The standard InChI is InChI=1S/C35H62O5Si2/c1-33(2,3)41(9,10)39-30(26-17-14-13-15-18-26)22-21-28-29-25-27(19-16-20-32(36)37-7)35(29,38-8)24-23-31(28)40-42(11,12)34(4,5)6/h19,26,28-31H,13-18,20,23-25H2,1-12H3/b27-19-/t28-,29-,30?,31-,35+/m0/s1. The fourth-order valence-electron chi connectivity index (χ4n) is 6.58.